The van der Waals surface area contributed by atoms with Crippen LogP contribution in [0.25, 0.3) is 0 Å². The smallest absolute Gasteiger partial charge is 0.270 e. The van der Waals surface area contributed by atoms with Crippen molar-refractivity contribution in [1.29, 1.82) is 0 Å². The van der Waals surface area contributed by atoms with Gasteiger partial charge in [0, 0.05) is 35.3 Å². The van der Waals surface area contributed by atoms with E-state index >= 15 is 0 Å². The van der Waals surface area contributed by atoms with Crippen LogP contribution in [0.3, 0.4) is 0 Å². The molecule has 0 aliphatic carbocycles. The molecule has 2 amide bonds. The van der Waals surface area contributed by atoms with Gasteiger partial charge in [-0.25, -0.2) is 0 Å². The molecule has 0 saturated carbocycles. The lowest BCUT2D eigenvalue weighted by Crippen LogP contribution is -2.37. The number of nitrogens with one attached hydrogen (secondary N) is 2. The Labute approximate surface area is 168 Å². The second-order valence-electron chi connectivity index (χ2n) is 6.45. The van der Waals surface area contributed by atoms with E-state index in [-0.39, 0.29) is 30.8 Å². The van der Waals surface area contributed by atoms with Crippen LogP contribution in [0.4, 0.5) is 0 Å². The monoisotopic (exact) mass is 403 g/mol. The molecule has 0 radical (unpaired) electrons. The number of amides is 2. The van der Waals surface area contributed by atoms with Crippen molar-refractivity contribution in [2.24, 2.45) is 0 Å². The van der Waals surface area contributed by atoms with Gasteiger partial charge in [0.25, 0.3) is 5.91 Å². The molecular formula is C20H22ClN3O4. The SMILES string of the molecule is CCOc1cc2c(cc1CNC(=O)CNC(=O)c1cc(Cl)ccn1)O[C@H](C)C2. The molecule has 0 spiro atoms. The van der Waals surface area contributed by atoms with Crippen LogP contribution in [0.1, 0.15) is 35.5 Å². The topological polar surface area (TPSA) is 89.6 Å². The van der Waals surface area contributed by atoms with Gasteiger partial charge < -0.3 is 20.1 Å². The Morgan fingerprint density at radius 2 is 2.14 bits per heavy atom. The minimum Gasteiger partial charge on any atom is -0.494 e. The summed E-state index contributed by atoms with van der Waals surface area (Å²) in [7, 11) is 0. The number of benzene rings is 1. The molecule has 1 aliphatic heterocycles. The van der Waals surface area contributed by atoms with E-state index in [0.717, 1.165) is 29.0 Å². The van der Waals surface area contributed by atoms with Crippen LogP contribution in [0.2, 0.25) is 5.02 Å². The molecule has 2 heterocycles. The second-order valence-corrected chi connectivity index (χ2v) is 6.89. The lowest BCUT2D eigenvalue weighted by molar-refractivity contribution is -0.120. The first-order valence-electron chi connectivity index (χ1n) is 9.08. The van der Waals surface area contributed by atoms with Crippen molar-refractivity contribution in [3.63, 3.8) is 0 Å². The molecule has 1 atom stereocenters. The van der Waals surface area contributed by atoms with Crippen molar-refractivity contribution in [3.05, 3.63) is 52.3 Å². The van der Waals surface area contributed by atoms with Crippen LogP contribution in [-0.4, -0.2) is 36.1 Å². The summed E-state index contributed by atoms with van der Waals surface area (Å²) in [6, 6.07) is 6.88. The quantitative estimate of drug-likeness (QED) is 0.741. The highest BCUT2D eigenvalue weighted by Gasteiger charge is 2.22. The molecule has 1 aromatic carbocycles. The van der Waals surface area contributed by atoms with E-state index in [4.69, 9.17) is 21.1 Å². The van der Waals surface area contributed by atoms with Crippen LogP contribution in [0, 0.1) is 0 Å². The Hall–Kier alpha value is -2.80. The predicted octanol–water partition coefficient (Wildman–Crippen LogP) is 2.50. The number of halogens is 1. The molecule has 0 unspecified atom stereocenters. The number of hydrogen-bond acceptors (Lipinski definition) is 5. The zero-order chi connectivity index (χ0) is 20.1. The maximum atomic E-state index is 12.1. The standard InChI is InChI=1S/C20H22ClN3O4/c1-3-27-17-7-13-6-12(2)28-18(13)8-14(17)10-23-19(25)11-24-20(26)16-9-15(21)4-5-22-16/h4-5,7-9,12H,3,6,10-11H2,1-2H3,(H,23,25)(H,24,26)/t12-/m1/s1. The molecule has 1 aromatic heterocycles. The number of carbonyl (C=O) groups is 2. The van der Waals surface area contributed by atoms with Crippen LogP contribution < -0.4 is 20.1 Å². The summed E-state index contributed by atoms with van der Waals surface area (Å²) < 4.78 is 11.5. The van der Waals surface area contributed by atoms with Crippen LogP contribution >= 0.6 is 11.6 Å². The van der Waals surface area contributed by atoms with E-state index in [1.807, 2.05) is 26.0 Å². The lowest BCUT2D eigenvalue weighted by Gasteiger charge is -2.13. The third kappa shape index (κ3) is 4.92. The van der Waals surface area contributed by atoms with E-state index in [0.29, 0.717) is 11.6 Å². The number of nitrogens with zero attached hydrogens (tertiary/aromatic N) is 1. The first kappa shape index (κ1) is 19.9. The number of fused-ring (bicyclic) bond motifs is 1. The number of pyridine rings is 1. The van der Waals surface area contributed by atoms with Crippen molar-refractivity contribution in [2.75, 3.05) is 13.2 Å². The molecule has 7 nitrogen and oxygen atoms in total. The molecule has 2 N–H and O–H groups in total. The van der Waals surface area contributed by atoms with Crippen molar-refractivity contribution in [2.45, 2.75) is 32.9 Å². The normalized spacial score (nSPS) is 14.8. The third-order valence-electron chi connectivity index (χ3n) is 4.22. The number of carbonyl (C=O) groups excluding carboxylic acids is 2. The van der Waals surface area contributed by atoms with Crippen LogP contribution in [0.15, 0.2) is 30.5 Å². The highest BCUT2D eigenvalue weighted by Crippen LogP contribution is 2.35. The summed E-state index contributed by atoms with van der Waals surface area (Å²) in [5, 5.41) is 5.71. The molecule has 0 fully saturated rings. The van der Waals surface area contributed by atoms with E-state index in [1.165, 1.54) is 12.3 Å². The summed E-state index contributed by atoms with van der Waals surface area (Å²) in [6.45, 7) is 4.55. The van der Waals surface area contributed by atoms with Gasteiger partial charge in [0.2, 0.25) is 5.91 Å². The Kier molecular flexibility index (Phi) is 6.36. The van der Waals surface area contributed by atoms with Gasteiger partial charge >= 0.3 is 0 Å². The van der Waals surface area contributed by atoms with Gasteiger partial charge in [-0.1, -0.05) is 11.6 Å². The van der Waals surface area contributed by atoms with E-state index < -0.39 is 5.91 Å². The predicted molar refractivity (Wildman–Crippen MR) is 105 cm³/mol. The fourth-order valence-corrected chi connectivity index (χ4v) is 3.11. The number of ether oxygens (including phenoxy) is 2. The minimum absolute atomic E-state index is 0.129. The first-order chi connectivity index (χ1) is 13.5. The number of hydrogen-bond donors (Lipinski definition) is 2. The Morgan fingerprint density at radius 1 is 1.32 bits per heavy atom. The number of aromatic nitrogens is 1. The molecule has 2 aromatic rings. The fourth-order valence-electron chi connectivity index (χ4n) is 2.95. The maximum Gasteiger partial charge on any atom is 0.270 e. The van der Waals surface area contributed by atoms with Gasteiger partial charge in [0.1, 0.15) is 23.3 Å². The molecule has 3 rings (SSSR count). The summed E-state index contributed by atoms with van der Waals surface area (Å²) >= 11 is 5.84. The van der Waals surface area contributed by atoms with Gasteiger partial charge in [-0.3, -0.25) is 14.6 Å². The minimum atomic E-state index is -0.465. The van der Waals surface area contributed by atoms with E-state index in [2.05, 4.69) is 15.6 Å². The van der Waals surface area contributed by atoms with E-state index in [1.54, 1.807) is 6.07 Å². The van der Waals surface area contributed by atoms with Gasteiger partial charge in [-0.15, -0.1) is 0 Å². The van der Waals surface area contributed by atoms with Crippen molar-refractivity contribution in [3.8, 4) is 11.5 Å². The molecule has 28 heavy (non-hydrogen) atoms. The summed E-state index contributed by atoms with van der Waals surface area (Å²) in [5.74, 6) is 0.757. The van der Waals surface area contributed by atoms with E-state index in [9.17, 15) is 9.59 Å². The molecular weight excluding hydrogens is 382 g/mol. The Bertz CT molecular complexity index is 888. The van der Waals surface area contributed by atoms with Gasteiger partial charge in [0.15, 0.2) is 0 Å². The Morgan fingerprint density at radius 3 is 2.89 bits per heavy atom. The number of rotatable bonds is 7. The molecule has 148 valence electrons. The summed E-state index contributed by atoms with van der Waals surface area (Å²) in [6.07, 6.45) is 2.40. The Balaban J connectivity index is 1.57. The average molecular weight is 404 g/mol. The van der Waals surface area contributed by atoms with Gasteiger partial charge in [-0.05, 0) is 38.1 Å². The van der Waals surface area contributed by atoms with Crippen LogP contribution in [-0.2, 0) is 17.8 Å². The highest BCUT2D eigenvalue weighted by molar-refractivity contribution is 6.30. The maximum absolute atomic E-state index is 12.1. The highest BCUT2D eigenvalue weighted by atomic mass is 35.5. The van der Waals surface area contributed by atoms with Crippen molar-refractivity contribution in [1.82, 2.24) is 15.6 Å². The molecule has 0 bridgehead atoms. The first-order valence-corrected chi connectivity index (χ1v) is 9.45. The second kappa shape index (κ2) is 8.93. The summed E-state index contributed by atoms with van der Waals surface area (Å²) in [5.41, 5.74) is 2.09. The largest absolute Gasteiger partial charge is 0.494 e. The van der Waals surface area contributed by atoms with Crippen LogP contribution in [0.5, 0.6) is 11.5 Å². The molecule has 1 aliphatic rings. The third-order valence-corrected chi connectivity index (χ3v) is 4.45. The zero-order valence-corrected chi connectivity index (χ0v) is 16.5. The van der Waals surface area contributed by atoms with Gasteiger partial charge in [0.05, 0.1) is 13.2 Å². The van der Waals surface area contributed by atoms with Crippen molar-refractivity contribution < 1.29 is 19.1 Å². The molecule has 0 saturated heterocycles. The van der Waals surface area contributed by atoms with Crippen molar-refractivity contribution >= 4 is 23.4 Å². The summed E-state index contributed by atoms with van der Waals surface area (Å²) in [4.78, 5) is 28.1. The lowest BCUT2D eigenvalue weighted by atomic mass is 10.1. The zero-order valence-electron chi connectivity index (χ0n) is 15.8. The van der Waals surface area contributed by atoms with Gasteiger partial charge in [-0.2, -0.15) is 0 Å². The average Bonchev–Trinajstić information content (AvgIpc) is 3.03. The fraction of sp³-hybridized carbons (Fsp3) is 0.350. The molecule has 8 heteroatoms.